The van der Waals surface area contributed by atoms with Gasteiger partial charge in [0.1, 0.15) is 0 Å². The molecule has 0 aromatic heterocycles. The first-order chi connectivity index (χ1) is 11.7. The molecule has 0 spiro atoms. The molecular formula is C20H29N3O. The van der Waals surface area contributed by atoms with E-state index in [1.54, 1.807) is 6.92 Å². The van der Waals surface area contributed by atoms with Crippen molar-refractivity contribution in [1.29, 1.82) is 0 Å². The third-order valence-electron chi connectivity index (χ3n) is 4.35. The lowest BCUT2D eigenvalue weighted by Gasteiger charge is -2.22. The van der Waals surface area contributed by atoms with Gasteiger partial charge in [-0.15, -0.1) is 0 Å². The average molecular weight is 327 g/mol. The van der Waals surface area contributed by atoms with Crippen LogP contribution in [0, 0.1) is 18.8 Å². The van der Waals surface area contributed by atoms with Gasteiger partial charge in [0.25, 0.3) is 5.91 Å². The molecule has 0 atom stereocenters. The van der Waals surface area contributed by atoms with Gasteiger partial charge in [-0.1, -0.05) is 35.7 Å². The number of hydrogen-bond donors (Lipinski definition) is 1. The first kappa shape index (κ1) is 18.5. The largest absolute Gasteiger partial charge is 0.345 e. The summed E-state index contributed by atoms with van der Waals surface area (Å²) in [6, 6.07) is 8.80. The zero-order valence-corrected chi connectivity index (χ0v) is 15.0. The summed E-state index contributed by atoms with van der Waals surface area (Å²) in [6.07, 6.45) is 2.19. The highest BCUT2D eigenvalue weighted by Crippen LogP contribution is 2.10. The van der Waals surface area contributed by atoms with Crippen LogP contribution in [-0.4, -0.2) is 55.0 Å². The van der Waals surface area contributed by atoms with Crippen LogP contribution in [-0.2, 0) is 11.3 Å². The third-order valence-corrected chi connectivity index (χ3v) is 4.35. The SMILES string of the molecule is CC#CC(=O)NCCCN1CCCN(Cc2cccc(C)c2)CC1. The van der Waals surface area contributed by atoms with Crippen molar-refractivity contribution >= 4 is 5.91 Å². The molecular weight excluding hydrogens is 298 g/mol. The number of amides is 1. The molecule has 0 radical (unpaired) electrons. The fourth-order valence-electron chi connectivity index (χ4n) is 3.14. The molecule has 1 aromatic rings. The summed E-state index contributed by atoms with van der Waals surface area (Å²) in [5, 5.41) is 2.84. The minimum atomic E-state index is -0.169. The van der Waals surface area contributed by atoms with E-state index < -0.39 is 0 Å². The summed E-state index contributed by atoms with van der Waals surface area (Å²) < 4.78 is 0. The number of carbonyl (C=O) groups is 1. The lowest BCUT2D eigenvalue weighted by Crippen LogP contribution is -2.33. The molecule has 1 heterocycles. The summed E-state index contributed by atoms with van der Waals surface area (Å²) in [7, 11) is 0. The Morgan fingerprint density at radius 1 is 1.21 bits per heavy atom. The van der Waals surface area contributed by atoms with Crippen LogP contribution < -0.4 is 5.32 Å². The van der Waals surface area contributed by atoms with Crippen LogP contribution in [0.3, 0.4) is 0 Å². The molecule has 2 rings (SSSR count). The maximum absolute atomic E-state index is 11.3. The molecule has 4 nitrogen and oxygen atoms in total. The Morgan fingerprint density at radius 2 is 2.00 bits per heavy atom. The Kier molecular flexibility index (Phi) is 7.81. The zero-order chi connectivity index (χ0) is 17.2. The normalized spacial score (nSPS) is 16.1. The van der Waals surface area contributed by atoms with Crippen molar-refractivity contribution in [3.63, 3.8) is 0 Å². The monoisotopic (exact) mass is 327 g/mol. The summed E-state index contributed by atoms with van der Waals surface area (Å²) in [4.78, 5) is 16.3. The van der Waals surface area contributed by atoms with E-state index in [-0.39, 0.29) is 5.91 Å². The molecule has 0 bridgehead atoms. The predicted octanol–water partition coefficient (Wildman–Crippen LogP) is 2.03. The van der Waals surface area contributed by atoms with Gasteiger partial charge in [-0.2, -0.15) is 0 Å². The second-order valence-electron chi connectivity index (χ2n) is 6.44. The first-order valence-corrected chi connectivity index (χ1v) is 8.88. The number of rotatable bonds is 6. The van der Waals surface area contributed by atoms with Crippen LogP contribution in [0.25, 0.3) is 0 Å². The molecule has 1 N–H and O–H groups in total. The van der Waals surface area contributed by atoms with E-state index >= 15 is 0 Å². The minimum Gasteiger partial charge on any atom is -0.345 e. The van der Waals surface area contributed by atoms with Gasteiger partial charge in [0.2, 0.25) is 0 Å². The van der Waals surface area contributed by atoms with E-state index in [2.05, 4.69) is 58.1 Å². The van der Waals surface area contributed by atoms with Crippen molar-refractivity contribution in [2.45, 2.75) is 33.2 Å². The maximum atomic E-state index is 11.3. The van der Waals surface area contributed by atoms with Gasteiger partial charge in [0.05, 0.1) is 0 Å². The number of aryl methyl sites for hydroxylation is 1. The highest BCUT2D eigenvalue weighted by molar-refractivity contribution is 5.93. The van der Waals surface area contributed by atoms with Crippen LogP contribution >= 0.6 is 0 Å². The fourth-order valence-corrected chi connectivity index (χ4v) is 3.14. The summed E-state index contributed by atoms with van der Waals surface area (Å²) in [5.41, 5.74) is 2.74. The van der Waals surface area contributed by atoms with E-state index in [0.717, 1.165) is 45.7 Å². The molecule has 1 fully saturated rings. The van der Waals surface area contributed by atoms with Gasteiger partial charge >= 0.3 is 0 Å². The highest BCUT2D eigenvalue weighted by Gasteiger charge is 2.14. The second-order valence-corrected chi connectivity index (χ2v) is 6.44. The van der Waals surface area contributed by atoms with Crippen LogP contribution in [0.15, 0.2) is 24.3 Å². The molecule has 1 aliphatic heterocycles. The Hall–Kier alpha value is -1.83. The van der Waals surface area contributed by atoms with E-state index in [1.165, 1.54) is 17.5 Å². The number of carbonyl (C=O) groups excluding carboxylic acids is 1. The number of nitrogens with zero attached hydrogens (tertiary/aromatic N) is 2. The van der Waals surface area contributed by atoms with Crippen LogP contribution in [0.2, 0.25) is 0 Å². The van der Waals surface area contributed by atoms with Crippen molar-refractivity contribution in [3.05, 3.63) is 35.4 Å². The molecule has 1 aliphatic rings. The van der Waals surface area contributed by atoms with Gasteiger partial charge in [0.15, 0.2) is 0 Å². The Labute approximate surface area is 146 Å². The van der Waals surface area contributed by atoms with Crippen LogP contribution in [0.5, 0.6) is 0 Å². The minimum absolute atomic E-state index is 0.169. The van der Waals surface area contributed by atoms with E-state index in [0.29, 0.717) is 6.54 Å². The Morgan fingerprint density at radius 3 is 2.79 bits per heavy atom. The zero-order valence-electron chi connectivity index (χ0n) is 15.0. The second kappa shape index (κ2) is 10.1. The lowest BCUT2D eigenvalue weighted by molar-refractivity contribution is -0.115. The third kappa shape index (κ3) is 6.74. The molecule has 1 aromatic carbocycles. The predicted molar refractivity (Wildman–Crippen MR) is 98.6 cm³/mol. The van der Waals surface area contributed by atoms with Gasteiger partial charge in [0, 0.05) is 26.2 Å². The van der Waals surface area contributed by atoms with Gasteiger partial charge in [-0.05, 0) is 57.8 Å². The highest BCUT2D eigenvalue weighted by atomic mass is 16.1. The van der Waals surface area contributed by atoms with Crippen molar-refractivity contribution in [2.24, 2.45) is 0 Å². The fraction of sp³-hybridized carbons (Fsp3) is 0.550. The number of hydrogen-bond acceptors (Lipinski definition) is 3. The average Bonchev–Trinajstić information content (AvgIpc) is 2.77. The standard InChI is InChI=1S/C20H29N3O/c1-3-7-20(24)21-10-5-11-22-12-6-13-23(15-14-22)17-19-9-4-8-18(2)16-19/h4,8-9,16H,5-6,10-15,17H2,1-2H3,(H,21,24). The molecule has 4 heteroatoms. The summed E-state index contributed by atoms with van der Waals surface area (Å²) >= 11 is 0. The van der Waals surface area contributed by atoms with E-state index in [9.17, 15) is 4.79 Å². The molecule has 0 unspecified atom stereocenters. The Bertz CT molecular complexity index is 588. The number of benzene rings is 1. The molecule has 24 heavy (non-hydrogen) atoms. The quantitative estimate of drug-likeness (QED) is 0.641. The molecule has 0 aliphatic carbocycles. The van der Waals surface area contributed by atoms with Crippen molar-refractivity contribution in [3.8, 4) is 11.8 Å². The van der Waals surface area contributed by atoms with E-state index in [4.69, 9.17) is 0 Å². The van der Waals surface area contributed by atoms with Crippen molar-refractivity contribution < 1.29 is 4.79 Å². The van der Waals surface area contributed by atoms with E-state index in [1.807, 2.05) is 0 Å². The molecule has 0 saturated carbocycles. The van der Waals surface area contributed by atoms with Crippen LogP contribution in [0.1, 0.15) is 30.9 Å². The summed E-state index contributed by atoms with van der Waals surface area (Å²) in [6.45, 7) is 11.1. The first-order valence-electron chi connectivity index (χ1n) is 8.88. The van der Waals surface area contributed by atoms with Gasteiger partial charge in [-0.25, -0.2) is 0 Å². The topological polar surface area (TPSA) is 35.6 Å². The smallest absolute Gasteiger partial charge is 0.295 e. The van der Waals surface area contributed by atoms with Gasteiger partial charge in [-0.3, -0.25) is 9.69 Å². The van der Waals surface area contributed by atoms with Crippen molar-refractivity contribution in [1.82, 2.24) is 15.1 Å². The summed E-state index contributed by atoms with van der Waals surface area (Å²) in [5.74, 6) is 4.95. The Balaban J connectivity index is 1.68. The lowest BCUT2D eigenvalue weighted by atomic mass is 10.1. The molecule has 1 saturated heterocycles. The molecule has 130 valence electrons. The number of nitrogens with one attached hydrogen (secondary N) is 1. The molecule has 1 amide bonds. The maximum Gasteiger partial charge on any atom is 0.295 e. The van der Waals surface area contributed by atoms with Gasteiger partial charge < -0.3 is 10.2 Å². The van der Waals surface area contributed by atoms with Crippen molar-refractivity contribution in [2.75, 3.05) is 39.3 Å². The van der Waals surface area contributed by atoms with Crippen LogP contribution in [0.4, 0.5) is 0 Å².